The van der Waals surface area contributed by atoms with Gasteiger partial charge in [0.2, 0.25) is 0 Å². The Hall–Kier alpha value is -3.25. The summed E-state index contributed by atoms with van der Waals surface area (Å²) in [7, 11) is 1.35. The lowest BCUT2D eigenvalue weighted by atomic mass is 10.0. The number of hydrogen-bond donors (Lipinski definition) is 0. The van der Waals surface area contributed by atoms with Gasteiger partial charge in [0.05, 0.1) is 23.9 Å². The highest BCUT2D eigenvalue weighted by Gasteiger charge is 2.30. The van der Waals surface area contributed by atoms with Crippen LogP contribution < -0.4 is 4.74 Å². The molecular formula is C25H27NO5. The van der Waals surface area contributed by atoms with Gasteiger partial charge in [-0.2, -0.15) is 0 Å². The summed E-state index contributed by atoms with van der Waals surface area (Å²) in [6, 6.07) is 14.7. The van der Waals surface area contributed by atoms with Crippen LogP contribution in [-0.2, 0) is 20.7 Å². The summed E-state index contributed by atoms with van der Waals surface area (Å²) in [6.45, 7) is 7.64. The smallest absolute Gasteiger partial charge is 0.343 e. The highest BCUT2D eigenvalue weighted by molar-refractivity contribution is 6.00. The molecule has 0 saturated heterocycles. The maximum atomic E-state index is 12.4. The highest BCUT2D eigenvalue weighted by atomic mass is 16.6. The minimum absolute atomic E-state index is 0.376. The van der Waals surface area contributed by atoms with E-state index in [4.69, 9.17) is 19.2 Å². The number of aromatic nitrogens is 1. The molecule has 0 unspecified atom stereocenters. The van der Waals surface area contributed by atoms with Crippen LogP contribution in [0.3, 0.4) is 0 Å². The second-order valence-electron chi connectivity index (χ2n) is 7.61. The van der Waals surface area contributed by atoms with E-state index in [1.807, 2.05) is 25.1 Å². The minimum atomic E-state index is -1.04. The van der Waals surface area contributed by atoms with E-state index >= 15 is 0 Å². The van der Waals surface area contributed by atoms with Crippen molar-refractivity contribution in [2.24, 2.45) is 0 Å². The Morgan fingerprint density at radius 1 is 1.00 bits per heavy atom. The highest BCUT2D eigenvalue weighted by Crippen LogP contribution is 2.29. The van der Waals surface area contributed by atoms with E-state index in [2.05, 4.69) is 6.92 Å². The monoisotopic (exact) mass is 421 g/mol. The normalized spacial score (nSPS) is 11.4. The number of benzene rings is 2. The molecule has 3 aromatic rings. The van der Waals surface area contributed by atoms with Crippen LogP contribution in [0.15, 0.2) is 48.5 Å². The van der Waals surface area contributed by atoms with Crippen LogP contribution >= 0.6 is 0 Å². The van der Waals surface area contributed by atoms with E-state index in [1.165, 1.54) is 7.11 Å². The third-order valence-corrected chi connectivity index (χ3v) is 5.03. The fourth-order valence-electron chi connectivity index (χ4n) is 3.25. The second-order valence-corrected chi connectivity index (χ2v) is 7.61. The van der Waals surface area contributed by atoms with Crippen LogP contribution in [0.5, 0.6) is 5.75 Å². The Bertz CT molecular complexity index is 1100. The zero-order valence-corrected chi connectivity index (χ0v) is 18.5. The number of rotatable bonds is 7. The van der Waals surface area contributed by atoms with Gasteiger partial charge in [0.15, 0.2) is 5.60 Å². The standard InChI is InChI=1S/C25H27NO5/c1-6-16-8-9-18-15-20(23(27)29-5)22(26-21(18)14-16)17-10-12-19(13-11-17)31-24(28)25(3,4)30-7-2/h8-15H,6-7H2,1-5H3. The molecule has 0 aliphatic heterocycles. The molecule has 0 saturated carbocycles. The van der Waals surface area contributed by atoms with Gasteiger partial charge in [0.1, 0.15) is 5.75 Å². The molecule has 6 heteroatoms. The van der Waals surface area contributed by atoms with Crippen LogP contribution in [0.2, 0.25) is 0 Å². The lowest BCUT2D eigenvalue weighted by Crippen LogP contribution is -2.38. The molecule has 3 rings (SSSR count). The first-order valence-corrected chi connectivity index (χ1v) is 10.3. The van der Waals surface area contributed by atoms with Crippen LogP contribution in [0.25, 0.3) is 22.2 Å². The Kier molecular flexibility index (Phi) is 6.71. The summed E-state index contributed by atoms with van der Waals surface area (Å²) in [5, 5.41) is 0.866. The third kappa shape index (κ3) is 4.91. The van der Waals surface area contributed by atoms with Crippen LogP contribution in [0, 0.1) is 0 Å². The van der Waals surface area contributed by atoms with Gasteiger partial charge in [0.25, 0.3) is 0 Å². The average Bonchev–Trinajstić information content (AvgIpc) is 2.77. The number of pyridine rings is 1. The number of hydrogen-bond acceptors (Lipinski definition) is 6. The van der Waals surface area contributed by atoms with Crippen LogP contribution in [-0.4, -0.2) is 36.2 Å². The fourth-order valence-corrected chi connectivity index (χ4v) is 3.25. The van der Waals surface area contributed by atoms with Gasteiger partial charge in [-0.1, -0.05) is 19.1 Å². The number of esters is 2. The molecule has 6 nitrogen and oxygen atoms in total. The Morgan fingerprint density at radius 2 is 1.71 bits per heavy atom. The van der Waals surface area contributed by atoms with Gasteiger partial charge in [-0.15, -0.1) is 0 Å². The summed E-state index contributed by atoms with van der Waals surface area (Å²) < 4.78 is 15.8. The third-order valence-electron chi connectivity index (χ3n) is 5.03. The summed E-state index contributed by atoms with van der Waals surface area (Å²) in [6.07, 6.45) is 0.893. The average molecular weight is 421 g/mol. The van der Waals surface area contributed by atoms with E-state index < -0.39 is 17.5 Å². The molecule has 0 N–H and O–H groups in total. The van der Waals surface area contributed by atoms with Crippen molar-refractivity contribution >= 4 is 22.8 Å². The summed E-state index contributed by atoms with van der Waals surface area (Å²) >= 11 is 0. The zero-order valence-electron chi connectivity index (χ0n) is 18.5. The fraction of sp³-hybridized carbons (Fsp3) is 0.320. The molecule has 0 aliphatic rings. The van der Waals surface area contributed by atoms with Crippen LogP contribution in [0.1, 0.15) is 43.6 Å². The lowest BCUT2D eigenvalue weighted by Gasteiger charge is -2.22. The van der Waals surface area contributed by atoms with Gasteiger partial charge in [-0.3, -0.25) is 0 Å². The largest absolute Gasteiger partial charge is 0.465 e. The van der Waals surface area contributed by atoms with Crippen molar-refractivity contribution in [1.29, 1.82) is 0 Å². The number of fused-ring (bicyclic) bond motifs is 1. The Morgan fingerprint density at radius 3 is 2.32 bits per heavy atom. The molecule has 31 heavy (non-hydrogen) atoms. The van der Waals surface area contributed by atoms with E-state index in [-0.39, 0.29) is 0 Å². The van der Waals surface area contributed by atoms with Gasteiger partial charge < -0.3 is 14.2 Å². The molecule has 0 radical (unpaired) electrons. The van der Waals surface area contributed by atoms with E-state index in [0.717, 1.165) is 22.9 Å². The van der Waals surface area contributed by atoms with Gasteiger partial charge >= 0.3 is 11.9 Å². The number of carbonyl (C=O) groups excluding carboxylic acids is 2. The molecule has 162 valence electrons. The summed E-state index contributed by atoms with van der Waals surface area (Å²) in [4.78, 5) is 29.5. The zero-order chi connectivity index (χ0) is 22.6. The molecule has 0 atom stereocenters. The second kappa shape index (κ2) is 9.27. The number of ether oxygens (including phenoxy) is 3. The van der Waals surface area contributed by atoms with Crippen molar-refractivity contribution in [3.05, 3.63) is 59.7 Å². The van der Waals surface area contributed by atoms with Crippen molar-refractivity contribution < 1.29 is 23.8 Å². The van der Waals surface area contributed by atoms with Crippen LogP contribution in [0.4, 0.5) is 0 Å². The van der Waals surface area contributed by atoms with Gasteiger partial charge in [-0.25, -0.2) is 14.6 Å². The SMILES string of the molecule is CCOC(C)(C)C(=O)Oc1ccc(-c2nc3cc(CC)ccc3cc2C(=O)OC)cc1. The Labute approximate surface area is 182 Å². The maximum Gasteiger partial charge on any atom is 0.343 e. The summed E-state index contributed by atoms with van der Waals surface area (Å²) in [5.41, 5.74) is 2.53. The van der Waals surface area contributed by atoms with Crippen molar-refractivity contribution in [3.63, 3.8) is 0 Å². The quantitative estimate of drug-likeness (QED) is 0.396. The molecule has 0 bridgehead atoms. The van der Waals surface area contributed by atoms with E-state index in [0.29, 0.717) is 29.2 Å². The molecule has 0 fully saturated rings. The van der Waals surface area contributed by atoms with Gasteiger partial charge in [-0.05, 0) is 69.2 Å². The maximum absolute atomic E-state index is 12.4. The minimum Gasteiger partial charge on any atom is -0.465 e. The lowest BCUT2D eigenvalue weighted by molar-refractivity contribution is -0.157. The predicted octanol–water partition coefficient (Wildman–Crippen LogP) is 4.97. The first-order chi connectivity index (χ1) is 14.8. The first-order valence-electron chi connectivity index (χ1n) is 10.3. The van der Waals surface area contributed by atoms with Crippen molar-refractivity contribution in [1.82, 2.24) is 4.98 Å². The Balaban J connectivity index is 1.98. The summed E-state index contributed by atoms with van der Waals surface area (Å²) in [5.74, 6) is -0.554. The number of aryl methyl sites for hydroxylation is 1. The molecule has 1 heterocycles. The van der Waals surface area contributed by atoms with Crippen molar-refractivity contribution in [2.75, 3.05) is 13.7 Å². The number of methoxy groups -OCH3 is 1. The van der Waals surface area contributed by atoms with E-state index in [9.17, 15) is 9.59 Å². The molecular weight excluding hydrogens is 394 g/mol. The molecule has 0 spiro atoms. The molecule has 0 aliphatic carbocycles. The number of nitrogens with zero attached hydrogens (tertiary/aromatic N) is 1. The first kappa shape index (κ1) is 22.4. The predicted molar refractivity (Wildman–Crippen MR) is 119 cm³/mol. The molecule has 0 amide bonds. The van der Waals surface area contributed by atoms with Gasteiger partial charge in [0, 0.05) is 17.6 Å². The van der Waals surface area contributed by atoms with E-state index in [1.54, 1.807) is 44.2 Å². The number of carbonyl (C=O) groups is 2. The molecule has 2 aromatic carbocycles. The van der Waals surface area contributed by atoms with Crippen molar-refractivity contribution in [3.8, 4) is 17.0 Å². The van der Waals surface area contributed by atoms with Crippen molar-refractivity contribution in [2.45, 2.75) is 39.7 Å². The molecule has 1 aromatic heterocycles. The topological polar surface area (TPSA) is 74.7 Å².